The topological polar surface area (TPSA) is 49.4 Å². The smallest absolute Gasteiger partial charge is 0.211 e. The van der Waals surface area contributed by atoms with Crippen molar-refractivity contribution in [3.63, 3.8) is 0 Å². The van der Waals surface area contributed by atoms with Gasteiger partial charge in [-0.3, -0.25) is 0 Å². The van der Waals surface area contributed by atoms with Crippen molar-refractivity contribution < 1.29 is 12.8 Å². The summed E-state index contributed by atoms with van der Waals surface area (Å²) in [6.45, 7) is 2.15. The Kier molecular flexibility index (Phi) is 5.04. The van der Waals surface area contributed by atoms with Crippen LogP contribution in [0.3, 0.4) is 0 Å². The summed E-state index contributed by atoms with van der Waals surface area (Å²) >= 11 is 0. The van der Waals surface area contributed by atoms with Crippen LogP contribution < -0.4 is 5.32 Å². The fraction of sp³-hybridized carbons (Fsp3) is 0.647. The minimum absolute atomic E-state index is 0.155. The summed E-state index contributed by atoms with van der Waals surface area (Å²) in [5.74, 6) is 0.358. The van der Waals surface area contributed by atoms with Crippen LogP contribution in [0.25, 0.3) is 0 Å². The predicted molar refractivity (Wildman–Crippen MR) is 89.2 cm³/mol. The fourth-order valence-corrected chi connectivity index (χ4v) is 4.62. The molecule has 0 radical (unpaired) electrons. The number of hydrogen-bond acceptors (Lipinski definition) is 3. The molecule has 1 atom stereocenters. The van der Waals surface area contributed by atoms with E-state index in [2.05, 4.69) is 5.32 Å². The van der Waals surface area contributed by atoms with Crippen LogP contribution in [0.2, 0.25) is 0 Å². The third kappa shape index (κ3) is 4.11. The van der Waals surface area contributed by atoms with Crippen molar-refractivity contribution in [2.75, 3.05) is 25.9 Å². The summed E-state index contributed by atoms with van der Waals surface area (Å²) < 4.78 is 38.0. The van der Waals surface area contributed by atoms with Crippen molar-refractivity contribution in [1.29, 1.82) is 0 Å². The fourth-order valence-electron chi connectivity index (χ4n) is 3.75. The van der Waals surface area contributed by atoms with Crippen molar-refractivity contribution in [3.8, 4) is 0 Å². The van der Waals surface area contributed by atoms with E-state index in [4.69, 9.17) is 0 Å². The van der Waals surface area contributed by atoms with Crippen LogP contribution in [0.4, 0.5) is 4.39 Å². The van der Waals surface area contributed by atoms with Gasteiger partial charge in [0.2, 0.25) is 10.0 Å². The number of benzene rings is 1. The van der Waals surface area contributed by atoms with E-state index >= 15 is 0 Å². The lowest BCUT2D eigenvalue weighted by molar-refractivity contribution is 0.259. The van der Waals surface area contributed by atoms with Gasteiger partial charge in [0.05, 0.1) is 6.26 Å². The number of nitrogens with one attached hydrogen (secondary N) is 1. The van der Waals surface area contributed by atoms with E-state index in [1.807, 2.05) is 6.07 Å². The molecule has 1 N–H and O–H groups in total. The number of aryl methyl sites for hydroxylation is 1. The summed E-state index contributed by atoms with van der Waals surface area (Å²) in [6, 6.07) is 5.41. The van der Waals surface area contributed by atoms with Gasteiger partial charge in [0.15, 0.2) is 0 Å². The molecule has 1 aromatic rings. The highest BCUT2D eigenvalue weighted by Crippen LogP contribution is 2.30. The maximum atomic E-state index is 13.4. The van der Waals surface area contributed by atoms with Crippen molar-refractivity contribution in [2.45, 2.75) is 38.1 Å². The van der Waals surface area contributed by atoms with Gasteiger partial charge >= 0.3 is 0 Å². The van der Waals surface area contributed by atoms with Crippen molar-refractivity contribution in [2.24, 2.45) is 5.92 Å². The van der Waals surface area contributed by atoms with E-state index in [9.17, 15) is 12.8 Å². The largest absolute Gasteiger partial charge is 0.310 e. The van der Waals surface area contributed by atoms with Gasteiger partial charge in [0, 0.05) is 19.1 Å². The standard InChI is InChI=1S/C17H25FN2O2S/c1-23(21,22)20-9-7-13(8-10-20)12-19-17-4-2-3-14-11-15(18)5-6-16(14)17/h5-6,11,13,17,19H,2-4,7-10,12H2,1H3/t17-/m0/s1. The Balaban J connectivity index is 1.55. The highest BCUT2D eigenvalue weighted by molar-refractivity contribution is 7.88. The maximum absolute atomic E-state index is 13.4. The third-order valence-electron chi connectivity index (χ3n) is 5.11. The number of sulfonamides is 1. The van der Waals surface area contributed by atoms with Crippen molar-refractivity contribution in [1.82, 2.24) is 9.62 Å². The quantitative estimate of drug-likeness (QED) is 0.916. The van der Waals surface area contributed by atoms with E-state index in [1.165, 1.54) is 11.8 Å². The normalized spacial score (nSPS) is 23.7. The molecule has 6 heteroatoms. The Labute approximate surface area is 138 Å². The molecule has 1 fully saturated rings. The summed E-state index contributed by atoms with van der Waals surface area (Å²) in [6.07, 6.45) is 6.22. The number of halogens is 1. The minimum atomic E-state index is -3.05. The molecule has 0 unspecified atom stereocenters. The zero-order chi connectivity index (χ0) is 16.4. The average molecular weight is 340 g/mol. The zero-order valence-electron chi connectivity index (χ0n) is 13.6. The van der Waals surface area contributed by atoms with Gasteiger partial charge in [-0.25, -0.2) is 17.1 Å². The van der Waals surface area contributed by atoms with Crippen LogP contribution in [0.5, 0.6) is 0 Å². The number of hydrogen-bond donors (Lipinski definition) is 1. The molecule has 0 aromatic heterocycles. The number of rotatable bonds is 4. The first-order valence-corrected chi connectivity index (χ1v) is 10.2. The van der Waals surface area contributed by atoms with Crippen LogP contribution in [-0.4, -0.2) is 38.6 Å². The molecule has 1 saturated heterocycles. The average Bonchev–Trinajstić information content (AvgIpc) is 2.52. The van der Waals surface area contributed by atoms with E-state index < -0.39 is 10.0 Å². The number of fused-ring (bicyclic) bond motifs is 1. The van der Waals surface area contributed by atoms with Crippen LogP contribution in [0.1, 0.15) is 42.9 Å². The maximum Gasteiger partial charge on any atom is 0.211 e. The molecule has 0 spiro atoms. The van der Waals surface area contributed by atoms with E-state index in [0.717, 1.165) is 44.2 Å². The highest BCUT2D eigenvalue weighted by Gasteiger charge is 2.26. The van der Waals surface area contributed by atoms with Crippen LogP contribution >= 0.6 is 0 Å². The van der Waals surface area contributed by atoms with Crippen LogP contribution in [0, 0.1) is 11.7 Å². The van der Waals surface area contributed by atoms with Crippen molar-refractivity contribution in [3.05, 3.63) is 35.1 Å². The molecule has 4 nitrogen and oxygen atoms in total. The Morgan fingerprint density at radius 2 is 2.00 bits per heavy atom. The molecule has 128 valence electrons. The van der Waals surface area contributed by atoms with Gasteiger partial charge in [-0.1, -0.05) is 6.07 Å². The van der Waals surface area contributed by atoms with E-state index in [1.54, 1.807) is 16.4 Å². The molecule has 1 aliphatic heterocycles. The summed E-state index contributed by atoms with van der Waals surface area (Å²) in [5.41, 5.74) is 2.35. The number of piperidine rings is 1. The van der Waals surface area contributed by atoms with Gasteiger partial charge in [-0.15, -0.1) is 0 Å². The molecule has 0 saturated carbocycles. The zero-order valence-corrected chi connectivity index (χ0v) is 14.4. The monoisotopic (exact) mass is 340 g/mol. The second-order valence-corrected chi connectivity index (χ2v) is 8.78. The Morgan fingerprint density at radius 3 is 2.70 bits per heavy atom. The first-order valence-electron chi connectivity index (χ1n) is 8.40. The van der Waals surface area contributed by atoms with Gasteiger partial charge in [-0.2, -0.15) is 0 Å². The number of nitrogens with zero attached hydrogens (tertiary/aromatic N) is 1. The molecule has 2 aliphatic rings. The molecule has 0 amide bonds. The van der Waals surface area contributed by atoms with Crippen LogP contribution in [-0.2, 0) is 16.4 Å². The van der Waals surface area contributed by atoms with Gasteiger partial charge in [0.1, 0.15) is 5.82 Å². The molecule has 1 aromatic carbocycles. The lowest BCUT2D eigenvalue weighted by atomic mass is 9.87. The molecule has 23 heavy (non-hydrogen) atoms. The van der Waals surface area contributed by atoms with Gasteiger partial charge in [-0.05, 0) is 67.8 Å². The molecular weight excluding hydrogens is 315 g/mol. The first kappa shape index (κ1) is 16.9. The summed E-state index contributed by atoms with van der Waals surface area (Å²) in [4.78, 5) is 0. The highest BCUT2D eigenvalue weighted by atomic mass is 32.2. The Bertz CT molecular complexity index is 655. The Hall–Kier alpha value is -0.980. The first-order chi connectivity index (χ1) is 10.9. The molecule has 1 aliphatic carbocycles. The molecular formula is C17H25FN2O2S. The van der Waals surface area contributed by atoms with Gasteiger partial charge < -0.3 is 5.32 Å². The molecule has 1 heterocycles. The van der Waals surface area contributed by atoms with Gasteiger partial charge in [0.25, 0.3) is 0 Å². The minimum Gasteiger partial charge on any atom is -0.310 e. The van der Waals surface area contributed by atoms with Crippen LogP contribution in [0.15, 0.2) is 18.2 Å². The molecule has 3 rings (SSSR count). The molecule has 0 bridgehead atoms. The lowest BCUT2D eigenvalue weighted by Crippen LogP contribution is -2.40. The predicted octanol–water partition coefficient (Wildman–Crippen LogP) is 2.46. The summed E-state index contributed by atoms with van der Waals surface area (Å²) in [5, 5.41) is 3.63. The van der Waals surface area contributed by atoms with Crippen molar-refractivity contribution >= 4 is 10.0 Å². The van der Waals surface area contributed by atoms with E-state index in [-0.39, 0.29) is 5.82 Å². The SMILES string of the molecule is CS(=O)(=O)N1CCC(CN[C@H]2CCCc3cc(F)ccc32)CC1. The second-order valence-electron chi connectivity index (χ2n) is 6.80. The third-order valence-corrected chi connectivity index (χ3v) is 6.42. The summed E-state index contributed by atoms with van der Waals surface area (Å²) in [7, 11) is -3.05. The van der Waals surface area contributed by atoms with E-state index in [0.29, 0.717) is 25.0 Å². The lowest BCUT2D eigenvalue weighted by Gasteiger charge is -2.32. The second kappa shape index (κ2) is 6.87. The Morgan fingerprint density at radius 1 is 1.26 bits per heavy atom.